The fourth-order valence-electron chi connectivity index (χ4n) is 3.71. The van der Waals surface area contributed by atoms with Gasteiger partial charge in [-0.3, -0.25) is 0 Å². The lowest BCUT2D eigenvalue weighted by atomic mass is 9.78. The van der Waals surface area contributed by atoms with E-state index < -0.39 is 0 Å². The molecule has 1 spiro atoms. The first kappa shape index (κ1) is 12.8. The van der Waals surface area contributed by atoms with Crippen molar-refractivity contribution in [1.82, 2.24) is 5.32 Å². The normalized spacial score (nSPS) is 24.3. The molecule has 0 aromatic heterocycles. The molecule has 1 aliphatic heterocycles. The molecule has 19 heavy (non-hydrogen) atoms. The molecule has 1 saturated heterocycles. The van der Waals surface area contributed by atoms with Crippen molar-refractivity contribution < 1.29 is 9.47 Å². The minimum atomic E-state index is 0.588. The van der Waals surface area contributed by atoms with Crippen LogP contribution in [0.3, 0.4) is 0 Å². The molecular formula is C16H23NO2. The molecular weight excluding hydrogens is 238 g/mol. The highest BCUT2D eigenvalue weighted by Gasteiger charge is 2.44. The van der Waals surface area contributed by atoms with Crippen LogP contribution >= 0.6 is 0 Å². The summed E-state index contributed by atoms with van der Waals surface area (Å²) in [5.41, 5.74) is 3.36. The fraction of sp³-hybridized carbons (Fsp3) is 0.625. The van der Waals surface area contributed by atoms with E-state index in [0.717, 1.165) is 11.5 Å². The van der Waals surface area contributed by atoms with Gasteiger partial charge in [0.1, 0.15) is 0 Å². The van der Waals surface area contributed by atoms with Gasteiger partial charge in [0.15, 0.2) is 11.5 Å². The van der Waals surface area contributed by atoms with E-state index in [0.29, 0.717) is 11.3 Å². The Morgan fingerprint density at radius 2 is 1.84 bits per heavy atom. The maximum absolute atomic E-state index is 5.45. The molecule has 3 heteroatoms. The maximum atomic E-state index is 5.45. The zero-order valence-electron chi connectivity index (χ0n) is 12.1. The van der Waals surface area contributed by atoms with Gasteiger partial charge in [0.05, 0.1) is 14.2 Å². The van der Waals surface area contributed by atoms with E-state index in [2.05, 4.69) is 24.4 Å². The molecule has 1 heterocycles. The van der Waals surface area contributed by atoms with Gasteiger partial charge < -0.3 is 14.8 Å². The SMILES string of the molecule is COc1cc(C)c(C2CCC3(CNC3)C2)cc1OC. The van der Waals surface area contributed by atoms with Crippen LogP contribution in [0.2, 0.25) is 0 Å². The number of nitrogens with one attached hydrogen (secondary N) is 1. The monoisotopic (exact) mass is 261 g/mol. The number of rotatable bonds is 3. The summed E-state index contributed by atoms with van der Waals surface area (Å²) in [4.78, 5) is 0. The van der Waals surface area contributed by atoms with E-state index >= 15 is 0 Å². The molecule has 2 aliphatic rings. The zero-order chi connectivity index (χ0) is 13.5. The van der Waals surface area contributed by atoms with E-state index in [1.54, 1.807) is 14.2 Å². The Morgan fingerprint density at radius 1 is 1.16 bits per heavy atom. The number of methoxy groups -OCH3 is 2. The molecule has 1 aliphatic carbocycles. The van der Waals surface area contributed by atoms with Gasteiger partial charge in [0.2, 0.25) is 0 Å². The Labute approximate surface area is 115 Å². The summed E-state index contributed by atoms with van der Waals surface area (Å²) in [6.45, 7) is 4.59. The van der Waals surface area contributed by atoms with Crippen LogP contribution in [0.1, 0.15) is 36.3 Å². The molecule has 0 radical (unpaired) electrons. The highest BCUT2D eigenvalue weighted by molar-refractivity contribution is 5.48. The Hall–Kier alpha value is -1.22. The van der Waals surface area contributed by atoms with Crippen LogP contribution in [-0.2, 0) is 0 Å². The lowest BCUT2D eigenvalue weighted by molar-refractivity contribution is 0.175. The average Bonchev–Trinajstić information content (AvgIpc) is 2.83. The lowest BCUT2D eigenvalue weighted by Crippen LogP contribution is -2.51. The van der Waals surface area contributed by atoms with Crippen LogP contribution in [-0.4, -0.2) is 27.3 Å². The Balaban J connectivity index is 1.88. The van der Waals surface area contributed by atoms with E-state index in [-0.39, 0.29) is 0 Å². The fourth-order valence-corrected chi connectivity index (χ4v) is 3.71. The summed E-state index contributed by atoms with van der Waals surface area (Å²) >= 11 is 0. The maximum Gasteiger partial charge on any atom is 0.161 e. The summed E-state index contributed by atoms with van der Waals surface area (Å²) in [6.07, 6.45) is 3.98. The number of hydrogen-bond donors (Lipinski definition) is 1. The van der Waals surface area contributed by atoms with Crippen molar-refractivity contribution in [2.45, 2.75) is 32.1 Å². The molecule has 104 valence electrons. The minimum Gasteiger partial charge on any atom is -0.493 e. The molecule has 1 aromatic rings. The third-order valence-electron chi connectivity index (χ3n) is 4.91. The number of benzene rings is 1. The zero-order valence-corrected chi connectivity index (χ0v) is 12.1. The molecule has 3 nitrogen and oxygen atoms in total. The Bertz CT molecular complexity index is 480. The summed E-state index contributed by atoms with van der Waals surface area (Å²) in [5.74, 6) is 2.37. The van der Waals surface area contributed by atoms with Gasteiger partial charge in [0, 0.05) is 13.1 Å². The summed E-state index contributed by atoms with van der Waals surface area (Å²) in [7, 11) is 3.41. The minimum absolute atomic E-state index is 0.588. The van der Waals surface area contributed by atoms with E-state index in [1.165, 1.54) is 43.5 Å². The molecule has 1 unspecified atom stereocenters. The van der Waals surface area contributed by atoms with Crippen molar-refractivity contribution in [3.8, 4) is 11.5 Å². The quantitative estimate of drug-likeness (QED) is 0.907. The van der Waals surface area contributed by atoms with Crippen molar-refractivity contribution in [2.75, 3.05) is 27.3 Å². The molecule has 2 fully saturated rings. The molecule has 1 saturated carbocycles. The molecule has 1 atom stereocenters. The lowest BCUT2D eigenvalue weighted by Gasteiger charge is -2.39. The third kappa shape index (κ3) is 2.10. The summed E-state index contributed by atoms with van der Waals surface area (Å²) < 4.78 is 10.8. The molecule has 1 aromatic carbocycles. The summed E-state index contributed by atoms with van der Waals surface area (Å²) in [6, 6.07) is 4.29. The van der Waals surface area contributed by atoms with Crippen molar-refractivity contribution in [3.05, 3.63) is 23.3 Å². The van der Waals surface area contributed by atoms with E-state index in [9.17, 15) is 0 Å². The second-order valence-corrected chi connectivity index (χ2v) is 6.11. The molecule has 0 bridgehead atoms. The van der Waals surface area contributed by atoms with Gasteiger partial charge >= 0.3 is 0 Å². The van der Waals surface area contributed by atoms with Gasteiger partial charge in [-0.25, -0.2) is 0 Å². The average molecular weight is 261 g/mol. The van der Waals surface area contributed by atoms with Crippen LogP contribution in [0.15, 0.2) is 12.1 Å². The van der Waals surface area contributed by atoms with E-state index in [4.69, 9.17) is 9.47 Å². The van der Waals surface area contributed by atoms with Crippen LogP contribution in [0.5, 0.6) is 11.5 Å². The first-order chi connectivity index (χ1) is 9.17. The van der Waals surface area contributed by atoms with E-state index in [1.807, 2.05) is 0 Å². The number of hydrogen-bond acceptors (Lipinski definition) is 3. The van der Waals surface area contributed by atoms with Crippen LogP contribution < -0.4 is 14.8 Å². The topological polar surface area (TPSA) is 30.5 Å². The second-order valence-electron chi connectivity index (χ2n) is 6.11. The molecule has 3 rings (SSSR count). The highest BCUT2D eigenvalue weighted by Crippen LogP contribution is 2.50. The highest BCUT2D eigenvalue weighted by atomic mass is 16.5. The second kappa shape index (κ2) is 4.71. The van der Waals surface area contributed by atoms with Gasteiger partial charge in [0.25, 0.3) is 0 Å². The smallest absolute Gasteiger partial charge is 0.161 e. The van der Waals surface area contributed by atoms with Gasteiger partial charge in [-0.15, -0.1) is 0 Å². The molecule has 1 N–H and O–H groups in total. The molecule has 0 amide bonds. The first-order valence-corrected chi connectivity index (χ1v) is 7.11. The standard InChI is InChI=1S/C16H23NO2/c1-11-6-14(18-2)15(19-3)7-13(11)12-4-5-16(8-12)9-17-10-16/h6-7,12,17H,4-5,8-10H2,1-3H3. The van der Waals surface area contributed by atoms with Gasteiger partial charge in [-0.1, -0.05) is 0 Å². The predicted molar refractivity (Wildman–Crippen MR) is 76.2 cm³/mol. The number of ether oxygens (including phenoxy) is 2. The van der Waals surface area contributed by atoms with Crippen LogP contribution in [0, 0.1) is 12.3 Å². The number of aryl methyl sites for hydroxylation is 1. The van der Waals surface area contributed by atoms with Crippen LogP contribution in [0.4, 0.5) is 0 Å². The van der Waals surface area contributed by atoms with Crippen molar-refractivity contribution in [3.63, 3.8) is 0 Å². The van der Waals surface area contributed by atoms with Crippen LogP contribution in [0.25, 0.3) is 0 Å². The van der Waals surface area contributed by atoms with Gasteiger partial charge in [-0.05, 0) is 60.8 Å². The Kier molecular flexibility index (Phi) is 3.17. The predicted octanol–water partition coefficient (Wildman–Crippen LogP) is 2.87. The first-order valence-electron chi connectivity index (χ1n) is 7.11. The third-order valence-corrected chi connectivity index (χ3v) is 4.91. The van der Waals surface area contributed by atoms with Crippen molar-refractivity contribution in [1.29, 1.82) is 0 Å². The van der Waals surface area contributed by atoms with Crippen molar-refractivity contribution >= 4 is 0 Å². The van der Waals surface area contributed by atoms with Crippen molar-refractivity contribution in [2.24, 2.45) is 5.41 Å². The largest absolute Gasteiger partial charge is 0.493 e. The Morgan fingerprint density at radius 3 is 2.37 bits per heavy atom. The summed E-state index contributed by atoms with van der Waals surface area (Å²) in [5, 5.41) is 3.43. The van der Waals surface area contributed by atoms with Gasteiger partial charge in [-0.2, -0.15) is 0 Å².